The highest BCUT2D eigenvalue weighted by Gasteiger charge is 2.51. The minimum Gasteiger partial charge on any atom is -0.378 e. The van der Waals surface area contributed by atoms with Gasteiger partial charge in [-0.25, -0.2) is 0 Å². The molecular formula is C23H30N2O. The van der Waals surface area contributed by atoms with Gasteiger partial charge >= 0.3 is 0 Å². The quantitative estimate of drug-likeness (QED) is 0.718. The van der Waals surface area contributed by atoms with E-state index in [1.54, 1.807) is 0 Å². The lowest BCUT2D eigenvalue weighted by Crippen LogP contribution is -2.54. The van der Waals surface area contributed by atoms with E-state index in [4.69, 9.17) is 0 Å². The molecule has 1 amide bonds. The molecule has 0 aliphatic heterocycles. The summed E-state index contributed by atoms with van der Waals surface area (Å²) in [5, 5.41) is 7.16. The summed E-state index contributed by atoms with van der Waals surface area (Å²) in [6, 6.07) is 8.32. The number of carbonyl (C=O) groups excluding carboxylic acids is 1. The molecule has 26 heavy (non-hydrogen) atoms. The number of rotatable bonds is 4. The van der Waals surface area contributed by atoms with Crippen molar-refractivity contribution in [2.75, 3.05) is 10.6 Å². The monoisotopic (exact) mass is 350 g/mol. The van der Waals surface area contributed by atoms with E-state index in [9.17, 15) is 4.79 Å². The van der Waals surface area contributed by atoms with Gasteiger partial charge in [0, 0.05) is 11.5 Å². The van der Waals surface area contributed by atoms with Gasteiger partial charge in [-0.15, -0.1) is 0 Å². The Balaban J connectivity index is 1.34. The van der Waals surface area contributed by atoms with E-state index in [0.717, 1.165) is 48.4 Å². The van der Waals surface area contributed by atoms with Crippen LogP contribution in [0.25, 0.3) is 0 Å². The lowest BCUT2D eigenvalue weighted by Gasteiger charge is -2.57. The summed E-state index contributed by atoms with van der Waals surface area (Å²) in [5.74, 6) is 3.06. The van der Waals surface area contributed by atoms with Crippen LogP contribution in [0.5, 0.6) is 0 Å². The molecule has 0 unspecified atom stereocenters. The minimum absolute atomic E-state index is 0.118. The molecule has 5 aliphatic rings. The third-order valence-electron chi connectivity index (χ3n) is 7.26. The maximum absolute atomic E-state index is 12.7. The van der Waals surface area contributed by atoms with Crippen molar-refractivity contribution in [2.45, 2.75) is 63.3 Å². The van der Waals surface area contributed by atoms with Crippen molar-refractivity contribution in [3.63, 3.8) is 0 Å². The molecule has 2 N–H and O–H groups in total. The maximum atomic E-state index is 12.7. The predicted octanol–water partition coefficient (Wildman–Crippen LogP) is 5.36. The summed E-state index contributed by atoms with van der Waals surface area (Å²) >= 11 is 0. The first-order valence-corrected chi connectivity index (χ1v) is 10.5. The second-order valence-corrected chi connectivity index (χ2v) is 9.34. The minimum atomic E-state index is 0.118. The summed E-state index contributed by atoms with van der Waals surface area (Å²) in [5.41, 5.74) is 2.35. The van der Waals surface area contributed by atoms with Crippen LogP contribution in [-0.4, -0.2) is 11.4 Å². The predicted molar refractivity (Wildman–Crippen MR) is 106 cm³/mol. The van der Waals surface area contributed by atoms with Crippen LogP contribution in [0.2, 0.25) is 0 Å². The van der Waals surface area contributed by atoms with Crippen molar-refractivity contribution in [3.8, 4) is 0 Å². The van der Waals surface area contributed by atoms with E-state index in [0.29, 0.717) is 0 Å². The molecular weight excluding hydrogens is 320 g/mol. The highest BCUT2D eigenvalue weighted by atomic mass is 16.1. The molecule has 138 valence electrons. The summed E-state index contributed by atoms with van der Waals surface area (Å²) in [6.07, 6.45) is 15.5. The number of allylic oxidation sites excluding steroid dienone is 2. The molecule has 3 heteroatoms. The zero-order chi connectivity index (χ0) is 17.6. The molecule has 0 spiro atoms. The maximum Gasteiger partial charge on any atom is 0.227 e. The lowest BCUT2D eigenvalue weighted by atomic mass is 9.53. The fourth-order valence-electron chi connectivity index (χ4n) is 6.52. The van der Waals surface area contributed by atoms with E-state index in [2.05, 4.69) is 41.0 Å². The van der Waals surface area contributed by atoms with Gasteiger partial charge in [0.2, 0.25) is 5.91 Å². The number of hydrogen-bond acceptors (Lipinski definition) is 2. The fourth-order valence-corrected chi connectivity index (χ4v) is 6.52. The van der Waals surface area contributed by atoms with Crippen LogP contribution < -0.4 is 10.6 Å². The first kappa shape index (κ1) is 16.4. The number of nitrogens with one attached hydrogen (secondary N) is 2. The van der Waals surface area contributed by atoms with Crippen molar-refractivity contribution in [2.24, 2.45) is 23.7 Å². The number of hydrogen-bond donors (Lipinski definition) is 2. The van der Waals surface area contributed by atoms with Crippen LogP contribution in [0.15, 0.2) is 36.4 Å². The van der Waals surface area contributed by atoms with Gasteiger partial charge < -0.3 is 10.6 Å². The second kappa shape index (κ2) is 6.44. The van der Waals surface area contributed by atoms with E-state index in [1.807, 2.05) is 6.07 Å². The zero-order valence-electron chi connectivity index (χ0n) is 15.5. The molecule has 4 saturated carbocycles. The molecule has 1 aromatic carbocycles. The third kappa shape index (κ3) is 3.06. The molecule has 5 aliphatic carbocycles. The first-order valence-electron chi connectivity index (χ1n) is 10.5. The van der Waals surface area contributed by atoms with E-state index < -0.39 is 0 Å². The highest BCUT2D eigenvalue weighted by Crippen LogP contribution is 2.56. The molecule has 0 heterocycles. The normalized spacial score (nSPS) is 37.5. The lowest BCUT2D eigenvalue weighted by molar-refractivity contribution is -0.120. The number of benzene rings is 1. The zero-order valence-corrected chi connectivity index (χ0v) is 15.5. The summed E-state index contributed by atoms with van der Waals surface area (Å²) in [6.45, 7) is 0. The Morgan fingerprint density at radius 3 is 2.19 bits per heavy atom. The highest BCUT2D eigenvalue weighted by molar-refractivity contribution is 5.96. The van der Waals surface area contributed by atoms with Crippen LogP contribution in [0.1, 0.15) is 57.8 Å². The Labute approximate surface area is 156 Å². The van der Waals surface area contributed by atoms with Gasteiger partial charge in [-0.3, -0.25) is 4.79 Å². The largest absolute Gasteiger partial charge is 0.378 e. The average molecular weight is 351 g/mol. The summed E-state index contributed by atoms with van der Waals surface area (Å²) in [4.78, 5) is 12.7. The Kier molecular flexibility index (Phi) is 4.06. The van der Waals surface area contributed by atoms with Gasteiger partial charge in [0.25, 0.3) is 0 Å². The van der Waals surface area contributed by atoms with Gasteiger partial charge in [-0.1, -0.05) is 24.3 Å². The van der Waals surface area contributed by atoms with Gasteiger partial charge in [0.05, 0.1) is 11.4 Å². The molecule has 0 aromatic heterocycles. The number of para-hydroxylation sites is 2. The van der Waals surface area contributed by atoms with Gasteiger partial charge in [-0.05, 0) is 87.7 Å². The molecule has 1 aromatic rings. The van der Waals surface area contributed by atoms with E-state index in [-0.39, 0.29) is 17.4 Å². The van der Waals surface area contributed by atoms with Crippen LogP contribution in [0.4, 0.5) is 11.4 Å². The number of amides is 1. The Morgan fingerprint density at radius 1 is 0.923 bits per heavy atom. The van der Waals surface area contributed by atoms with Gasteiger partial charge in [0.15, 0.2) is 0 Å². The summed E-state index contributed by atoms with van der Waals surface area (Å²) in [7, 11) is 0. The smallest absolute Gasteiger partial charge is 0.227 e. The number of carbonyl (C=O) groups is 1. The van der Waals surface area contributed by atoms with Gasteiger partial charge in [0.1, 0.15) is 0 Å². The third-order valence-corrected chi connectivity index (χ3v) is 7.26. The average Bonchev–Trinajstić information content (AvgIpc) is 2.63. The summed E-state index contributed by atoms with van der Waals surface area (Å²) < 4.78 is 0. The molecule has 3 nitrogen and oxygen atoms in total. The van der Waals surface area contributed by atoms with Crippen LogP contribution in [0.3, 0.4) is 0 Å². The van der Waals surface area contributed by atoms with Crippen molar-refractivity contribution in [1.29, 1.82) is 0 Å². The van der Waals surface area contributed by atoms with Crippen LogP contribution in [0, 0.1) is 23.7 Å². The fraction of sp³-hybridized carbons (Fsp3) is 0.609. The SMILES string of the molecule is O=C(Nc1ccccc1NC12CC3CC(CC(C3)C1)C2)[C@H]1CC=CCC1. The van der Waals surface area contributed by atoms with Crippen molar-refractivity contribution >= 4 is 17.3 Å². The van der Waals surface area contributed by atoms with Crippen molar-refractivity contribution in [1.82, 2.24) is 0 Å². The standard InChI is InChI=1S/C23H30N2O/c26-22(19-6-2-1-3-7-19)24-20-8-4-5-9-21(20)25-23-13-16-10-17(14-23)12-18(11-16)15-23/h1-2,4-5,8-9,16-19,25H,3,6-7,10-15H2,(H,24,26)/t16?,17?,18?,19-,23?/m0/s1. The van der Waals surface area contributed by atoms with Crippen molar-refractivity contribution < 1.29 is 4.79 Å². The van der Waals surface area contributed by atoms with Crippen molar-refractivity contribution in [3.05, 3.63) is 36.4 Å². The van der Waals surface area contributed by atoms with E-state index in [1.165, 1.54) is 38.5 Å². The Morgan fingerprint density at radius 2 is 1.58 bits per heavy atom. The molecule has 0 radical (unpaired) electrons. The van der Waals surface area contributed by atoms with Crippen LogP contribution >= 0.6 is 0 Å². The molecule has 6 rings (SSSR count). The Hall–Kier alpha value is -1.77. The van der Waals surface area contributed by atoms with Crippen LogP contribution in [-0.2, 0) is 4.79 Å². The molecule has 4 fully saturated rings. The van der Waals surface area contributed by atoms with Gasteiger partial charge in [-0.2, -0.15) is 0 Å². The molecule has 4 bridgehead atoms. The first-order chi connectivity index (χ1) is 12.7. The molecule has 0 saturated heterocycles. The molecule has 1 atom stereocenters. The number of anilines is 2. The topological polar surface area (TPSA) is 41.1 Å². The Bertz CT molecular complexity index is 687. The van der Waals surface area contributed by atoms with E-state index >= 15 is 0 Å². The second-order valence-electron chi connectivity index (χ2n) is 9.34.